The second-order valence-electron chi connectivity index (χ2n) is 7.13. The number of hydrogen-bond acceptors (Lipinski definition) is 5. The van der Waals surface area contributed by atoms with E-state index in [0.29, 0.717) is 17.4 Å². The maximum Gasteiger partial charge on any atom is 0.339 e. The van der Waals surface area contributed by atoms with Crippen molar-refractivity contribution in [2.24, 2.45) is 11.8 Å². The van der Waals surface area contributed by atoms with E-state index in [-0.39, 0.29) is 5.97 Å². The van der Waals surface area contributed by atoms with Gasteiger partial charge in [0.15, 0.2) is 5.65 Å². The van der Waals surface area contributed by atoms with Crippen LogP contribution in [0.15, 0.2) is 23.9 Å². The smallest absolute Gasteiger partial charge is 0.339 e. The Morgan fingerprint density at radius 2 is 2.16 bits per heavy atom. The van der Waals surface area contributed by atoms with Gasteiger partial charge in [-0.25, -0.2) is 14.8 Å². The van der Waals surface area contributed by atoms with E-state index in [0.717, 1.165) is 36.7 Å². The average molecular weight is 340 g/mol. The largest absolute Gasteiger partial charge is 0.465 e. The lowest BCUT2D eigenvalue weighted by Crippen LogP contribution is -2.23. The molecule has 0 amide bonds. The predicted molar refractivity (Wildman–Crippen MR) is 96.7 cm³/mol. The third-order valence-corrected chi connectivity index (χ3v) is 5.51. The minimum absolute atomic E-state index is 0.379. The van der Waals surface area contributed by atoms with Crippen LogP contribution in [-0.2, 0) is 11.3 Å². The normalized spacial score (nSPS) is 22.8. The summed E-state index contributed by atoms with van der Waals surface area (Å²) in [7, 11) is 1.38. The van der Waals surface area contributed by atoms with Gasteiger partial charge in [-0.15, -0.1) is 0 Å². The minimum Gasteiger partial charge on any atom is -0.465 e. The van der Waals surface area contributed by atoms with Crippen LogP contribution < -0.4 is 4.90 Å². The van der Waals surface area contributed by atoms with Gasteiger partial charge in [0.25, 0.3) is 0 Å². The molecular weight excluding hydrogens is 316 g/mol. The summed E-state index contributed by atoms with van der Waals surface area (Å²) in [5, 5.41) is 0. The number of methoxy groups -OCH3 is 1. The van der Waals surface area contributed by atoms with Crippen molar-refractivity contribution in [3.05, 3.63) is 29.5 Å². The Balaban J connectivity index is 1.69. The molecule has 132 valence electrons. The van der Waals surface area contributed by atoms with Crippen LogP contribution in [-0.4, -0.2) is 40.7 Å². The highest BCUT2D eigenvalue weighted by Gasteiger charge is 2.36. The van der Waals surface area contributed by atoms with E-state index in [1.54, 1.807) is 12.3 Å². The first-order valence-corrected chi connectivity index (χ1v) is 8.95. The van der Waals surface area contributed by atoms with Crippen LogP contribution in [0.4, 0.5) is 5.95 Å². The van der Waals surface area contributed by atoms with Crippen LogP contribution in [0, 0.1) is 11.8 Å². The van der Waals surface area contributed by atoms with Gasteiger partial charge in [0, 0.05) is 25.8 Å². The number of carbonyl (C=O) groups excluding carboxylic acids is 1. The molecule has 1 aliphatic heterocycles. The molecule has 1 aliphatic carbocycles. The van der Waals surface area contributed by atoms with Crippen LogP contribution in [0.25, 0.3) is 11.2 Å². The Kier molecular flexibility index (Phi) is 3.98. The third-order valence-electron chi connectivity index (χ3n) is 5.51. The van der Waals surface area contributed by atoms with Crippen molar-refractivity contribution in [2.75, 3.05) is 25.1 Å². The van der Waals surface area contributed by atoms with Crippen molar-refractivity contribution in [3.63, 3.8) is 0 Å². The standard InChI is InChI=1S/C19H24N4O2/c1-4-23-17-16(8-14(9-20-17)18(24)25-3)21-19(23)22-10-13-6-5-12(2)7-15(13)11-22/h5,8-9,13,15H,4,6-7,10-11H2,1-3H3/t13-,15+/m0/s1. The molecule has 0 aromatic carbocycles. The van der Waals surface area contributed by atoms with Gasteiger partial charge >= 0.3 is 5.97 Å². The molecule has 2 aromatic heterocycles. The fraction of sp³-hybridized carbons (Fsp3) is 0.526. The number of imidazole rings is 1. The molecule has 25 heavy (non-hydrogen) atoms. The van der Waals surface area contributed by atoms with Gasteiger partial charge in [-0.3, -0.25) is 4.57 Å². The summed E-state index contributed by atoms with van der Waals surface area (Å²) in [6.07, 6.45) is 6.32. The molecule has 6 nitrogen and oxygen atoms in total. The van der Waals surface area contributed by atoms with E-state index < -0.39 is 0 Å². The minimum atomic E-state index is -0.379. The first kappa shape index (κ1) is 16.1. The fourth-order valence-corrected chi connectivity index (χ4v) is 4.21. The van der Waals surface area contributed by atoms with E-state index >= 15 is 0 Å². The zero-order valence-corrected chi connectivity index (χ0v) is 15.0. The first-order valence-electron chi connectivity index (χ1n) is 8.95. The highest BCUT2D eigenvalue weighted by Crippen LogP contribution is 2.38. The molecule has 0 radical (unpaired) electrons. The van der Waals surface area contributed by atoms with Gasteiger partial charge in [0.05, 0.1) is 12.7 Å². The Bertz CT molecular complexity index is 854. The van der Waals surface area contributed by atoms with Crippen LogP contribution >= 0.6 is 0 Å². The average Bonchev–Trinajstić information content (AvgIpc) is 3.20. The van der Waals surface area contributed by atoms with Gasteiger partial charge in [0.2, 0.25) is 5.95 Å². The van der Waals surface area contributed by atoms with Gasteiger partial charge in [0.1, 0.15) is 5.52 Å². The quantitative estimate of drug-likeness (QED) is 0.635. The van der Waals surface area contributed by atoms with Gasteiger partial charge < -0.3 is 9.64 Å². The third kappa shape index (κ3) is 2.69. The Labute approximate surface area is 147 Å². The molecule has 3 heterocycles. The lowest BCUT2D eigenvalue weighted by atomic mass is 9.83. The van der Waals surface area contributed by atoms with Crippen molar-refractivity contribution < 1.29 is 9.53 Å². The number of ether oxygens (including phenoxy) is 1. The predicted octanol–water partition coefficient (Wildman–Crippen LogP) is 3.03. The number of allylic oxidation sites excluding steroid dienone is 2. The van der Waals surface area contributed by atoms with E-state index in [1.165, 1.54) is 25.5 Å². The molecule has 1 fully saturated rings. The zero-order chi connectivity index (χ0) is 17.6. The molecule has 0 spiro atoms. The second-order valence-corrected chi connectivity index (χ2v) is 7.13. The molecule has 0 unspecified atom stereocenters. The number of anilines is 1. The number of carbonyl (C=O) groups is 1. The molecule has 6 heteroatoms. The van der Waals surface area contributed by atoms with E-state index in [4.69, 9.17) is 9.72 Å². The number of pyridine rings is 1. The maximum absolute atomic E-state index is 11.8. The summed E-state index contributed by atoms with van der Waals surface area (Å²) in [5.41, 5.74) is 3.53. The number of hydrogen-bond donors (Lipinski definition) is 0. The highest BCUT2D eigenvalue weighted by atomic mass is 16.5. The molecule has 0 bridgehead atoms. The van der Waals surface area contributed by atoms with Crippen LogP contribution in [0.3, 0.4) is 0 Å². The van der Waals surface area contributed by atoms with Crippen LogP contribution in [0.1, 0.15) is 37.0 Å². The summed E-state index contributed by atoms with van der Waals surface area (Å²) >= 11 is 0. The number of aryl methyl sites for hydroxylation is 1. The number of nitrogens with zero attached hydrogens (tertiary/aromatic N) is 4. The molecule has 2 aliphatic rings. The number of esters is 1. The Morgan fingerprint density at radius 1 is 1.36 bits per heavy atom. The first-order chi connectivity index (χ1) is 12.1. The summed E-state index contributed by atoms with van der Waals surface area (Å²) < 4.78 is 6.94. The zero-order valence-electron chi connectivity index (χ0n) is 15.0. The van der Waals surface area contributed by atoms with Gasteiger partial charge in [-0.05, 0) is 44.6 Å². The van der Waals surface area contributed by atoms with Gasteiger partial charge in [-0.2, -0.15) is 0 Å². The summed E-state index contributed by atoms with van der Waals surface area (Å²) in [5.74, 6) is 2.02. The highest BCUT2D eigenvalue weighted by molar-refractivity contribution is 5.92. The monoisotopic (exact) mass is 340 g/mol. The van der Waals surface area contributed by atoms with Crippen molar-refractivity contribution in [2.45, 2.75) is 33.2 Å². The number of aromatic nitrogens is 3. The topological polar surface area (TPSA) is 60.2 Å². The molecule has 0 saturated carbocycles. The molecule has 4 rings (SSSR count). The summed E-state index contributed by atoms with van der Waals surface area (Å²) in [6.45, 7) is 7.23. The number of rotatable bonds is 3. The lowest BCUT2D eigenvalue weighted by Gasteiger charge is -2.21. The summed E-state index contributed by atoms with van der Waals surface area (Å²) in [6, 6.07) is 1.78. The van der Waals surface area contributed by atoms with Crippen LogP contribution in [0.2, 0.25) is 0 Å². The van der Waals surface area contributed by atoms with E-state index in [1.807, 2.05) is 0 Å². The molecule has 1 saturated heterocycles. The molecule has 2 atom stereocenters. The Morgan fingerprint density at radius 3 is 2.92 bits per heavy atom. The van der Waals surface area contributed by atoms with Crippen molar-refractivity contribution in [1.29, 1.82) is 0 Å². The van der Waals surface area contributed by atoms with Crippen molar-refractivity contribution >= 4 is 23.1 Å². The Hall–Kier alpha value is -2.37. The number of fused-ring (bicyclic) bond motifs is 2. The van der Waals surface area contributed by atoms with Gasteiger partial charge in [-0.1, -0.05) is 11.6 Å². The molecule has 0 N–H and O–H groups in total. The van der Waals surface area contributed by atoms with E-state index in [2.05, 4.69) is 34.4 Å². The molecule has 2 aromatic rings. The van der Waals surface area contributed by atoms with Crippen molar-refractivity contribution in [3.8, 4) is 0 Å². The molecular formula is C19H24N4O2. The second kappa shape index (κ2) is 6.17. The maximum atomic E-state index is 11.8. The van der Waals surface area contributed by atoms with Crippen LogP contribution in [0.5, 0.6) is 0 Å². The van der Waals surface area contributed by atoms with E-state index in [9.17, 15) is 4.79 Å². The fourth-order valence-electron chi connectivity index (χ4n) is 4.21. The lowest BCUT2D eigenvalue weighted by molar-refractivity contribution is 0.0600. The van der Waals surface area contributed by atoms with Crippen molar-refractivity contribution in [1.82, 2.24) is 14.5 Å². The SMILES string of the molecule is CCn1c(N2C[C@H]3CC(C)=CC[C@H]3C2)nc2cc(C(=O)OC)cnc21. The summed E-state index contributed by atoms with van der Waals surface area (Å²) in [4.78, 5) is 23.5.